The van der Waals surface area contributed by atoms with Crippen LogP contribution in [0.4, 0.5) is 4.39 Å². The van der Waals surface area contributed by atoms with Crippen molar-refractivity contribution in [2.75, 3.05) is 6.26 Å². The molecule has 0 amide bonds. The third-order valence-corrected chi connectivity index (χ3v) is 6.73. The summed E-state index contributed by atoms with van der Waals surface area (Å²) in [7, 11) is 1.63. The van der Waals surface area contributed by atoms with Gasteiger partial charge in [0, 0.05) is 18.4 Å². The Bertz CT molecular complexity index is 1450. The summed E-state index contributed by atoms with van der Waals surface area (Å²) >= 11 is 3.01. The van der Waals surface area contributed by atoms with Crippen LogP contribution in [0.25, 0.3) is 10.2 Å². The van der Waals surface area contributed by atoms with E-state index in [0.717, 1.165) is 15.0 Å². The highest BCUT2D eigenvalue weighted by atomic mass is 32.2. The number of aromatic nitrogens is 2. The largest absolute Gasteiger partial charge is 0.332 e. The van der Waals surface area contributed by atoms with Crippen molar-refractivity contribution in [3.05, 3.63) is 97.3 Å². The second-order valence-corrected chi connectivity index (χ2v) is 8.93. The summed E-state index contributed by atoms with van der Waals surface area (Å²) in [5, 5.41) is 0.442. The van der Waals surface area contributed by atoms with E-state index in [1.54, 1.807) is 37.0 Å². The number of thiophene rings is 1. The molecule has 0 bridgehead atoms. The quantitative estimate of drug-likeness (QED) is 0.345. The summed E-state index contributed by atoms with van der Waals surface area (Å²) in [5.41, 5.74) is 0.864. The molecule has 0 radical (unpaired) electrons. The maximum atomic E-state index is 13.5. The Balaban J connectivity index is 1.68. The minimum atomic E-state index is -0.433. The lowest BCUT2D eigenvalue weighted by Crippen LogP contribution is -2.38. The van der Waals surface area contributed by atoms with Crippen LogP contribution in [0.5, 0.6) is 0 Å². The Morgan fingerprint density at radius 3 is 2.61 bits per heavy atom. The first-order valence-electron chi connectivity index (χ1n) is 9.56. The third kappa shape index (κ3) is 4.50. The Morgan fingerprint density at radius 2 is 1.84 bits per heavy atom. The number of fused-ring (bicyclic) bond motifs is 1. The highest BCUT2D eigenvalue weighted by molar-refractivity contribution is 7.98. The molecule has 4 nitrogen and oxygen atoms in total. The first-order valence-corrected chi connectivity index (χ1v) is 11.6. The molecule has 156 valence electrons. The van der Waals surface area contributed by atoms with Gasteiger partial charge < -0.3 is 0 Å². The van der Waals surface area contributed by atoms with Gasteiger partial charge in [-0.3, -0.25) is 13.9 Å². The van der Waals surface area contributed by atoms with Gasteiger partial charge in [-0.1, -0.05) is 36.1 Å². The first-order chi connectivity index (χ1) is 15.0. The zero-order chi connectivity index (χ0) is 22.0. The molecule has 0 saturated carbocycles. The molecule has 2 aromatic carbocycles. The second kappa shape index (κ2) is 8.96. The predicted molar refractivity (Wildman–Crippen MR) is 126 cm³/mol. The van der Waals surface area contributed by atoms with Crippen molar-refractivity contribution in [1.82, 2.24) is 9.13 Å². The van der Waals surface area contributed by atoms with E-state index in [1.165, 1.54) is 32.9 Å². The number of benzene rings is 2. The van der Waals surface area contributed by atoms with Crippen LogP contribution in [0.2, 0.25) is 0 Å². The van der Waals surface area contributed by atoms with E-state index in [2.05, 4.69) is 24.0 Å². The number of rotatable bonds is 4. The molecule has 0 N–H and O–H groups in total. The predicted octanol–water partition coefficient (Wildman–Crippen LogP) is 4.27. The molecule has 2 aromatic heterocycles. The van der Waals surface area contributed by atoms with Gasteiger partial charge in [0.15, 0.2) is 0 Å². The fourth-order valence-electron chi connectivity index (χ4n) is 3.32. The Labute approximate surface area is 187 Å². The lowest BCUT2D eigenvalue weighted by Gasteiger charge is -2.08. The van der Waals surface area contributed by atoms with E-state index >= 15 is 0 Å². The summed E-state index contributed by atoms with van der Waals surface area (Å²) in [6, 6.07) is 15.9. The van der Waals surface area contributed by atoms with Crippen molar-refractivity contribution in [3.63, 3.8) is 0 Å². The molecular weight excluding hydrogens is 431 g/mol. The smallest absolute Gasteiger partial charge is 0.287 e. The highest BCUT2D eigenvalue weighted by Gasteiger charge is 2.14. The van der Waals surface area contributed by atoms with Crippen molar-refractivity contribution >= 4 is 33.3 Å². The lowest BCUT2D eigenvalue weighted by atomic mass is 10.1. The van der Waals surface area contributed by atoms with Gasteiger partial charge in [0.05, 0.1) is 16.8 Å². The van der Waals surface area contributed by atoms with Crippen LogP contribution in [0.3, 0.4) is 0 Å². The Hall–Kier alpha value is -3.08. The van der Waals surface area contributed by atoms with Crippen molar-refractivity contribution in [1.29, 1.82) is 0 Å². The van der Waals surface area contributed by atoms with Crippen molar-refractivity contribution in [3.8, 4) is 11.8 Å². The average Bonchev–Trinajstić information content (AvgIpc) is 3.20. The molecular formula is C24H19FN2O2S2. The van der Waals surface area contributed by atoms with Gasteiger partial charge in [-0.25, -0.2) is 9.18 Å². The number of halogens is 1. The summed E-state index contributed by atoms with van der Waals surface area (Å²) in [5.74, 6) is 5.87. The number of thioether (sulfide) groups is 1. The number of hydrogen-bond acceptors (Lipinski definition) is 4. The second-order valence-electron chi connectivity index (χ2n) is 7.02. The SMILES string of the molecule is CSc1cccc(CC#Cc2cc3c(=O)n(Cc4cccc(F)c4)c(=O)n(C)c3s2)c1. The van der Waals surface area contributed by atoms with Crippen molar-refractivity contribution in [2.24, 2.45) is 7.05 Å². The van der Waals surface area contributed by atoms with Crippen LogP contribution < -0.4 is 11.2 Å². The van der Waals surface area contributed by atoms with Gasteiger partial charge in [0.25, 0.3) is 5.56 Å². The van der Waals surface area contributed by atoms with Crippen LogP contribution in [-0.2, 0) is 20.0 Å². The standard InChI is InChI=1S/C24H19FN2O2S2/c1-26-23-21(22(28)27(24(26)29)15-17-8-3-9-18(25)12-17)14-20(31-23)11-5-7-16-6-4-10-19(13-16)30-2/h3-4,6,8-10,12-14H,7,15H2,1-2H3. The lowest BCUT2D eigenvalue weighted by molar-refractivity contribution is 0.618. The third-order valence-electron chi connectivity index (χ3n) is 4.88. The molecule has 2 heterocycles. The molecule has 4 rings (SSSR count). The van der Waals surface area contributed by atoms with E-state index < -0.39 is 11.5 Å². The number of nitrogens with zero attached hydrogens (tertiary/aromatic N) is 2. The molecule has 7 heteroatoms. The monoisotopic (exact) mass is 450 g/mol. The van der Waals surface area contributed by atoms with Gasteiger partial charge in [-0.15, -0.1) is 23.1 Å². The molecule has 0 aliphatic carbocycles. The van der Waals surface area contributed by atoms with Crippen molar-refractivity contribution < 1.29 is 4.39 Å². The molecule has 31 heavy (non-hydrogen) atoms. The molecule has 0 saturated heterocycles. The van der Waals surface area contributed by atoms with Crippen LogP contribution in [-0.4, -0.2) is 15.4 Å². The van der Waals surface area contributed by atoms with E-state index in [1.807, 2.05) is 18.4 Å². The van der Waals surface area contributed by atoms with Crippen LogP contribution in [0.1, 0.15) is 16.0 Å². The Morgan fingerprint density at radius 1 is 1.06 bits per heavy atom. The first kappa shape index (κ1) is 21.2. The molecule has 4 aromatic rings. The van der Waals surface area contributed by atoms with Crippen LogP contribution in [0.15, 0.2) is 69.1 Å². The molecule has 0 fully saturated rings. The zero-order valence-corrected chi connectivity index (χ0v) is 18.6. The number of aryl methyl sites for hydroxylation is 1. The molecule has 0 unspecified atom stereocenters. The number of hydrogen-bond donors (Lipinski definition) is 0. The van der Waals surface area contributed by atoms with E-state index in [4.69, 9.17) is 0 Å². The Kier molecular flexibility index (Phi) is 6.12. The molecule has 0 aliphatic heterocycles. The summed E-state index contributed by atoms with van der Waals surface area (Å²) < 4.78 is 16.1. The maximum Gasteiger partial charge on any atom is 0.332 e. The van der Waals surface area contributed by atoms with Crippen LogP contribution in [0, 0.1) is 17.7 Å². The van der Waals surface area contributed by atoms with Crippen LogP contribution >= 0.6 is 23.1 Å². The zero-order valence-electron chi connectivity index (χ0n) is 17.0. The van der Waals surface area contributed by atoms with E-state index in [0.29, 0.717) is 22.2 Å². The maximum absolute atomic E-state index is 13.5. The molecule has 0 atom stereocenters. The van der Waals surface area contributed by atoms with Crippen molar-refractivity contribution in [2.45, 2.75) is 17.9 Å². The van der Waals surface area contributed by atoms with Gasteiger partial charge in [0.1, 0.15) is 10.6 Å². The van der Waals surface area contributed by atoms with Gasteiger partial charge >= 0.3 is 5.69 Å². The minimum Gasteiger partial charge on any atom is -0.287 e. The van der Waals surface area contributed by atoms with E-state index in [-0.39, 0.29) is 12.1 Å². The average molecular weight is 451 g/mol. The fraction of sp³-hybridized carbons (Fsp3) is 0.167. The normalized spacial score (nSPS) is 10.8. The highest BCUT2D eigenvalue weighted by Crippen LogP contribution is 2.21. The van der Waals surface area contributed by atoms with Gasteiger partial charge in [-0.2, -0.15) is 0 Å². The molecule has 0 aliphatic rings. The topological polar surface area (TPSA) is 44.0 Å². The van der Waals surface area contributed by atoms with E-state index in [9.17, 15) is 14.0 Å². The fourth-order valence-corrected chi connectivity index (χ4v) is 4.78. The minimum absolute atomic E-state index is 0.0157. The summed E-state index contributed by atoms with van der Waals surface area (Å²) in [6.07, 6.45) is 2.64. The molecule has 0 spiro atoms. The summed E-state index contributed by atoms with van der Waals surface area (Å²) in [6.45, 7) is 0.0157. The summed E-state index contributed by atoms with van der Waals surface area (Å²) in [4.78, 5) is 28.2. The van der Waals surface area contributed by atoms with Gasteiger partial charge in [0.2, 0.25) is 0 Å². The van der Waals surface area contributed by atoms with Gasteiger partial charge in [-0.05, 0) is 47.7 Å².